The third-order valence-corrected chi connectivity index (χ3v) is 3.61. The molecule has 5 heteroatoms. The van der Waals surface area contributed by atoms with Crippen molar-refractivity contribution in [1.82, 2.24) is 0 Å². The highest BCUT2D eigenvalue weighted by Gasteiger charge is 2.21. The molecule has 0 saturated heterocycles. The van der Waals surface area contributed by atoms with Crippen molar-refractivity contribution in [2.24, 2.45) is 5.92 Å². The van der Waals surface area contributed by atoms with E-state index in [2.05, 4.69) is 5.32 Å². The number of methoxy groups -OCH3 is 1. The zero-order valence-corrected chi connectivity index (χ0v) is 12.0. The van der Waals surface area contributed by atoms with Gasteiger partial charge in [-0.05, 0) is 42.5 Å². The molecular formula is C16H19NO4. The minimum atomic E-state index is -1.01. The van der Waals surface area contributed by atoms with Gasteiger partial charge in [-0.2, -0.15) is 0 Å². The first-order valence-electron chi connectivity index (χ1n) is 6.97. The van der Waals surface area contributed by atoms with Crippen LogP contribution in [-0.4, -0.2) is 24.1 Å². The van der Waals surface area contributed by atoms with E-state index in [9.17, 15) is 9.59 Å². The summed E-state index contributed by atoms with van der Waals surface area (Å²) < 4.78 is 5.22. The highest BCUT2D eigenvalue weighted by Crippen LogP contribution is 2.31. The summed E-state index contributed by atoms with van der Waals surface area (Å²) in [6, 6.07) is 5.15. The van der Waals surface area contributed by atoms with E-state index in [1.807, 2.05) is 0 Å². The second kappa shape index (κ2) is 6.92. The van der Waals surface area contributed by atoms with Crippen molar-refractivity contribution in [1.29, 1.82) is 0 Å². The van der Waals surface area contributed by atoms with E-state index in [-0.39, 0.29) is 5.91 Å². The molecule has 1 aliphatic rings. The number of rotatable bonds is 6. The fourth-order valence-electron chi connectivity index (χ4n) is 2.25. The lowest BCUT2D eigenvalue weighted by Crippen LogP contribution is -2.21. The van der Waals surface area contributed by atoms with Crippen LogP contribution >= 0.6 is 0 Å². The Bertz CT molecular complexity index is 561. The maximum Gasteiger partial charge on any atom is 0.328 e. The number of carboxylic acids is 1. The lowest BCUT2D eigenvalue weighted by Gasteiger charge is -2.24. The van der Waals surface area contributed by atoms with Crippen molar-refractivity contribution in [3.05, 3.63) is 29.8 Å². The summed E-state index contributed by atoms with van der Waals surface area (Å²) in [5, 5.41) is 11.5. The lowest BCUT2D eigenvalue weighted by atomic mass is 9.83. The maximum atomic E-state index is 12.0. The fourth-order valence-corrected chi connectivity index (χ4v) is 2.25. The molecule has 1 aliphatic carbocycles. The molecule has 1 amide bonds. The molecular weight excluding hydrogens is 270 g/mol. The lowest BCUT2D eigenvalue weighted by molar-refractivity contribution is -0.131. The van der Waals surface area contributed by atoms with Crippen molar-refractivity contribution in [2.45, 2.75) is 25.7 Å². The molecule has 5 nitrogen and oxygen atoms in total. The molecule has 0 radical (unpaired) electrons. The van der Waals surface area contributed by atoms with Gasteiger partial charge >= 0.3 is 5.97 Å². The van der Waals surface area contributed by atoms with Gasteiger partial charge in [0.15, 0.2) is 0 Å². The number of carbonyl (C=O) groups is 2. The third kappa shape index (κ3) is 4.34. The first-order chi connectivity index (χ1) is 10.1. The molecule has 0 heterocycles. The van der Waals surface area contributed by atoms with Crippen LogP contribution in [0.2, 0.25) is 0 Å². The monoisotopic (exact) mass is 289 g/mol. The van der Waals surface area contributed by atoms with Crippen molar-refractivity contribution in [3.63, 3.8) is 0 Å². The predicted molar refractivity (Wildman–Crippen MR) is 80.3 cm³/mol. The number of benzene rings is 1. The fraction of sp³-hybridized carbons (Fsp3) is 0.375. The van der Waals surface area contributed by atoms with Crippen LogP contribution in [0, 0.1) is 5.92 Å². The van der Waals surface area contributed by atoms with Crippen LogP contribution in [0.5, 0.6) is 5.75 Å². The number of amides is 1. The van der Waals surface area contributed by atoms with Gasteiger partial charge in [-0.1, -0.05) is 12.5 Å². The molecule has 1 aromatic carbocycles. The summed E-state index contributed by atoms with van der Waals surface area (Å²) in [5.41, 5.74) is 1.26. The second-order valence-corrected chi connectivity index (χ2v) is 5.18. The van der Waals surface area contributed by atoms with E-state index >= 15 is 0 Å². The number of ether oxygens (including phenoxy) is 1. The van der Waals surface area contributed by atoms with Crippen molar-refractivity contribution < 1.29 is 19.4 Å². The van der Waals surface area contributed by atoms with Crippen LogP contribution in [0.4, 0.5) is 5.69 Å². The number of carboxylic acid groups (broad SMARTS) is 1. The van der Waals surface area contributed by atoms with E-state index < -0.39 is 5.97 Å². The highest BCUT2D eigenvalue weighted by atomic mass is 16.5. The minimum Gasteiger partial charge on any atom is -0.495 e. The summed E-state index contributed by atoms with van der Waals surface area (Å²) in [7, 11) is 1.53. The van der Waals surface area contributed by atoms with Crippen LogP contribution in [0.1, 0.15) is 31.2 Å². The standard InChI is InChI=1S/C16H19NO4/c1-21-14-7-5-12(6-8-16(19)20)9-13(14)17-15(18)10-11-3-2-4-11/h5-9,11H,2-4,10H2,1H3,(H,17,18)(H,19,20)/b8-6+. The molecule has 21 heavy (non-hydrogen) atoms. The van der Waals surface area contributed by atoms with Gasteiger partial charge in [0.05, 0.1) is 12.8 Å². The summed E-state index contributed by atoms with van der Waals surface area (Å²) in [6.07, 6.45) is 6.50. The van der Waals surface area contributed by atoms with Gasteiger partial charge in [0, 0.05) is 12.5 Å². The molecule has 112 valence electrons. The second-order valence-electron chi connectivity index (χ2n) is 5.18. The number of anilines is 1. The number of carbonyl (C=O) groups excluding carboxylic acids is 1. The average Bonchev–Trinajstić information content (AvgIpc) is 2.41. The smallest absolute Gasteiger partial charge is 0.328 e. The summed E-state index contributed by atoms with van der Waals surface area (Å²) in [5.74, 6) is 0.00858. The quantitative estimate of drug-likeness (QED) is 0.789. The van der Waals surface area contributed by atoms with E-state index in [1.54, 1.807) is 18.2 Å². The Kier molecular flexibility index (Phi) is 4.98. The number of hydrogen-bond donors (Lipinski definition) is 2. The molecule has 0 atom stereocenters. The maximum absolute atomic E-state index is 12.0. The summed E-state index contributed by atoms with van der Waals surface area (Å²) >= 11 is 0. The molecule has 1 fully saturated rings. The average molecular weight is 289 g/mol. The first-order valence-corrected chi connectivity index (χ1v) is 6.97. The van der Waals surface area contributed by atoms with Gasteiger partial charge in [-0.25, -0.2) is 4.79 Å². The van der Waals surface area contributed by atoms with E-state index in [0.717, 1.165) is 18.9 Å². The Hall–Kier alpha value is -2.30. The Balaban J connectivity index is 2.09. The van der Waals surface area contributed by atoms with Crippen LogP contribution in [0.15, 0.2) is 24.3 Å². The molecule has 0 unspecified atom stereocenters. The molecule has 2 N–H and O–H groups in total. The van der Waals surface area contributed by atoms with Crippen molar-refractivity contribution >= 4 is 23.6 Å². The van der Waals surface area contributed by atoms with E-state index in [0.29, 0.717) is 29.3 Å². The molecule has 0 aliphatic heterocycles. The third-order valence-electron chi connectivity index (χ3n) is 3.61. The van der Waals surface area contributed by atoms with Gasteiger partial charge in [0.2, 0.25) is 5.91 Å². The highest BCUT2D eigenvalue weighted by molar-refractivity contribution is 5.93. The van der Waals surface area contributed by atoms with Gasteiger partial charge in [-0.3, -0.25) is 4.79 Å². The van der Waals surface area contributed by atoms with Crippen molar-refractivity contribution in [3.8, 4) is 5.75 Å². The number of nitrogens with one attached hydrogen (secondary N) is 1. The topological polar surface area (TPSA) is 75.6 Å². The van der Waals surface area contributed by atoms with Crippen molar-refractivity contribution in [2.75, 3.05) is 12.4 Å². The van der Waals surface area contributed by atoms with Gasteiger partial charge in [0.25, 0.3) is 0 Å². The van der Waals surface area contributed by atoms with Crippen LogP contribution in [-0.2, 0) is 9.59 Å². The number of hydrogen-bond acceptors (Lipinski definition) is 3. The zero-order chi connectivity index (χ0) is 15.2. The largest absolute Gasteiger partial charge is 0.495 e. The molecule has 1 aromatic rings. The molecule has 0 bridgehead atoms. The SMILES string of the molecule is COc1ccc(/C=C/C(=O)O)cc1NC(=O)CC1CCC1. The Labute approximate surface area is 123 Å². The van der Waals surface area contributed by atoms with Gasteiger partial charge in [-0.15, -0.1) is 0 Å². The molecule has 1 saturated carbocycles. The predicted octanol–water partition coefficient (Wildman–Crippen LogP) is 2.92. The normalized spacial score (nSPS) is 14.7. The summed E-state index contributed by atoms with van der Waals surface area (Å²) in [4.78, 5) is 22.5. The Morgan fingerprint density at radius 2 is 2.19 bits per heavy atom. The zero-order valence-electron chi connectivity index (χ0n) is 12.0. The summed E-state index contributed by atoms with van der Waals surface area (Å²) in [6.45, 7) is 0. The van der Waals surface area contributed by atoms with Gasteiger partial charge < -0.3 is 15.2 Å². The van der Waals surface area contributed by atoms with Gasteiger partial charge in [0.1, 0.15) is 5.75 Å². The Morgan fingerprint density at radius 3 is 2.76 bits per heavy atom. The van der Waals surface area contributed by atoms with E-state index in [1.165, 1.54) is 19.6 Å². The Morgan fingerprint density at radius 1 is 1.43 bits per heavy atom. The first kappa shape index (κ1) is 15.1. The van der Waals surface area contributed by atoms with Crippen LogP contribution in [0.25, 0.3) is 6.08 Å². The number of aliphatic carboxylic acids is 1. The molecule has 2 rings (SSSR count). The molecule has 0 spiro atoms. The van der Waals surface area contributed by atoms with Crippen LogP contribution < -0.4 is 10.1 Å². The van der Waals surface area contributed by atoms with Crippen LogP contribution in [0.3, 0.4) is 0 Å². The minimum absolute atomic E-state index is 0.0302. The molecule has 0 aromatic heterocycles. The van der Waals surface area contributed by atoms with E-state index in [4.69, 9.17) is 9.84 Å².